The zero-order valence-electron chi connectivity index (χ0n) is 20.2. The number of aryl methyl sites for hydroxylation is 1. The Bertz CT molecular complexity index is 1490. The number of hydrogen-bond donors (Lipinski definition) is 2. The smallest absolute Gasteiger partial charge is 0.231 e. The highest BCUT2D eigenvalue weighted by Crippen LogP contribution is 2.37. The highest BCUT2D eigenvalue weighted by atomic mass is 16.5. The molecule has 5 rings (SSSR count). The van der Waals surface area contributed by atoms with E-state index in [4.69, 9.17) is 19.7 Å². The van der Waals surface area contributed by atoms with E-state index in [0.717, 1.165) is 29.5 Å². The van der Waals surface area contributed by atoms with Gasteiger partial charge in [0.15, 0.2) is 5.82 Å². The van der Waals surface area contributed by atoms with Crippen molar-refractivity contribution in [2.24, 2.45) is 5.92 Å². The van der Waals surface area contributed by atoms with Gasteiger partial charge in [-0.1, -0.05) is 0 Å². The number of nitriles is 1. The third-order valence-electron chi connectivity index (χ3n) is 6.15. The molecule has 182 valence electrons. The molecule has 0 saturated heterocycles. The summed E-state index contributed by atoms with van der Waals surface area (Å²) in [6.07, 6.45) is 4.89. The number of amides is 1. The molecule has 0 spiro atoms. The average molecular weight is 484 g/mol. The lowest BCUT2D eigenvalue weighted by Gasteiger charge is -2.24. The van der Waals surface area contributed by atoms with E-state index in [9.17, 15) is 4.79 Å². The van der Waals surface area contributed by atoms with Crippen LogP contribution in [0.4, 0.5) is 17.3 Å². The van der Waals surface area contributed by atoms with E-state index in [-0.39, 0.29) is 18.4 Å². The van der Waals surface area contributed by atoms with Crippen LogP contribution in [0.1, 0.15) is 29.7 Å². The molecule has 1 fully saturated rings. The number of nitrogens with one attached hydrogen (secondary N) is 2. The number of carbonyl (C=O) groups is 1. The number of aromatic amines is 1. The summed E-state index contributed by atoms with van der Waals surface area (Å²) < 4.78 is 10.9. The number of nitrogens with zero attached hydrogens (tertiary/aromatic N) is 5. The van der Waals surface area contributed by atoms with Gasteiger partial charge in [-0.15, -0.1) is 0 Å². The highest BCUT2D eigenvalue weighted by molar-refractivity contribution is 6.02. The average Bonchev–Trinajstić information content (AvgIpc) is 3.64. The third kappa shape index (κ3) is 4.51. The quantitative estimate of drug-likeness (QED) is 0.381. The minimum atomic E-state index is -0.0355. The molecule has 0 unspecified atom stereocenters. The number of anilines is 3. The number of fused-ring (bicyclic) bond motifs is 1. The lowest BCUT2D eigenvalue weighted by atomic mass is 10.1. The molecule has 2 N–H and O–H groups in total. The molecule has 4 aromatic rings. The second kappa shape index (κ2) is 9.54. The highest BCUT2D eigenvalue weighted by Gasteiger charge is 2.36. The molecule has 1 aliphatic carbocycles. The van der Waals surface area contributed by atoms with Gasteiger partial charge < -0.3 is 19.8 Å². The van der Waals surface area contributed by atoms with E-state index in [2.05, 4.69) is 20.3 Å². The molecular formula is C26H25N7O3. The van der Waals surface area contributed by atoms with Crippen molar-refractivity contribution in [1.82, 2.24) is 19.9 Å². The van der Waals surface area contributed by atoms with Gasteiger partial charge in [-0.3, -0.25) is 9.69 Å². The lowest BCUT2D eigenvalue weighted by Crippen LogP contribution is -2.33. The van der Waals surface area contributed by atoms with Gasteiger partial charge in [0.25, 0.3) is 0 Å². The molecule has 3 aromatic heterocycles. The molecule has 1 aromatic carbocycles. The van der Waals surface area contributed by atoms with Gasteiger partial charge in [-0.2, -0.15) is 5.26 Å². The van der Waals surface area contributed by atoms with Crippen LogP contribution in [0.3, 0.4) is 0 Å². The SMILES string of the molecule is COc1ccc(CN(C(=O)C2CC2)c2nc(Nc3cnc(C#N)cc3C)cc3[nH]cnc23)c(OC)c1. The van der Waals surface area contributed by atoms with Gasteiger partial charge in [-0.05, 0) is 43.5 Å². The summed E-state index contributed by atoms with van der Waals surface area (Å²) in [7, 11) is 3.19. The van der Waals surface area contributed by atoms with Gasteiger partial charge in [0, 0.05) is 23.6 Å². The molecule has 0 radical (unpaired) electrons. The third-order valence-corrected chi connectivity index (χ3v) is 6.15. The van der Waals surface area contributed by atoms with Crippen molar-refractivity contribution in [3.05, 3.63) is 59.7 Å². The summed E-state index contributed by atoms with van der Waals surface area (Å²) in [5.74, 6) is 2.22. The normalized spacial score (nSPS) is 12.7. The summed E-state index contributed by atoms with van der Waals surface area (Å²) in [5.41, 5.74) is 4.05. The van der Waals surface area contributed by atoms with Crippen molar-refractivity contribution in [1.29, 1.82) is 5.26 Å². The maximum atomic E-state index is 13.5. The summed E-state index contributed by atoms with van der Waals surface area (Å²) in [6.45, 7) is 2.15. The van der Waals surface area contributed by atoms with E-state index in [0.29, 0.717) is 40.0 Å². The van der Waals surface area contributed by atoms with Crippen molar-refractivity contribution in [2.75, 3.05) is 24.4 Å². The Balaban J connectivity index is 1.57. The Morgan fingerprint density at radius 2 is 2.06 bits per heavy atom. The first-order valence-electron chi connectivity index (χ1n) is 11.5. The zero-order chi connectivity index (χ0) is 25.2. The number of rotatable bonds is 8. The van der Waals surface area contributed by atoms with E-state index in [1.54, 1.807) is 43.8 Å². The van der Waals surface area contributed by atoms with Gasteiger partial charge in [0.2, 0.25) is 5.91 Å². The second-order valence-corrected chi connectivity index (χ2v) is 8.63. The van der Waals surface area contributed by atoms with Crippen LogP contribution in [-0.2, 0) is 11.3 Å². The molecule has 0 atom stereocenters. The number of imidazole rings is 1. The summed E-state index contributed by atoms with van der Waals surface area (Å²) in [6, 6.07) is 11.1. The van der Waals surface area contributed by atoms with Crippen molar-refractivity contribution in [2.45, 2.75) is 26.3 Å². The van der Waals surface area contributed by atoms with Crippen LogP contribution in [0, 0.1) is 24.2 Å². The van der Waals surface area contributed by atoms with Gasteiger partial charge in [0.05, 0.1) is 44.5 Å². The second-order valence-electron chi connectivity index (χ2n) is 8.63. The van der Waals surface area contributed by atoms with Gasteiger partial charge in [-0.25, -0.2) is 15.0 Å². The summed E-state index contributed by atoms with van der Waals surface area (Å²) in [5, 5.41) is 12.4. The lowest BCUT2D eigenvalue weighted by molar-refractivity contribution is -0.119. The van der Waals surface area contributed by atoms with Gasteiger partial charge >= 0.3 is 0 Å². The van der Waals surface area contributed by atoms with Crippen LogP contribution in [0.25, 0.3) is 11.0 Å². The Kier molecular flexibility index (Phi) is 6.12. The minimum absolute atomic E-state index is 0.00181. The van der Waals surface area contributed by atoms with E-state index in [1.807, 2.05) is 31.2 Å². The molecule has 3 heterocycles. The van der Waals surface area contributed by atoms with Crippen LogP contribution >= 0.6 is 0 Å². The molecular weight excluding hydrogens is 458 g/mol. The predicted octanol–water partition coefficient (Wildman–Crippen LogP) is 4.24. The summed E-state index contributed by atoms with van der Waals surface area (Å²) >= 11 is 0. The Morgan fingerprint density at radius 3 is 2.75 bits per heavy atom. The molecule has 36 heavy (non-hydrogen) atoms. The topological polar surface area (TPSA) is 129 Å². The Morgan fingerprint density at radius 1 is 1.22 bits per heavy atom. The standard InChI is InChI=1S/C26H25N7O3/c1-15-8-18(11-27)28-12-21(15)31-23-10-20-24(30-14-29-20)25(32-23)33(26(34)16-4-5-16)13-17-6-7-19(35-2)9-22(17)36-3/h6-10,12,14,16H,4-5,13H2,1-3H3,(H,29,30)(H,31,32). The van der Waals surface area contributed by atoms with Crippen LogP contribution in [0.15, 0.2) is 42.9 Å². The molecule has 1 saturated carbocycles. The fraction of sp³-hybridized carbons (Fsp3) is 0.269. The first kappa shape index (κ1) is 23.1. The summed E-state index contributed by atoms with van der Waals surface area (Å²) in [4.78, 5) is 31.8. The molecule has 0 bridgehead atoms. The van der Waals surface area contributed by atoms with Crippen molar-refractivity contribution in [3.8, 4) is 17.6 Å². The van der Waals surface area contributed by atoms with Crippen LogP contribution in [0.5, 0.6) is 11.5 Å². The van der Waals surface area contributed by atoms with Crippen LogP contribution in [-0.4, -0.2) is 40.1 Å². The first-order chi connectivity index (χ1) is 17.5. The van der Waals surface area contributed by atoms with Crippen molar-refractivity contribution in [3.63, 3.8) is 0 Å². The number of carbonyl (C=O) groups excluding carboxylic acids is 1. The van der Waals surface area contributed by atoms with Crippen LogP contribution < -0.4 is 19.7 Å². The van der Waals surface area contributed by atoms with E-state index < -0.39 is 0 Å². The van der Waals surface area contributed by atoms with E-state index >= 15 is 0 Å². The fourth-order valence-corrected chi connectivity index (χ4v) is 4.03. The number of ether oxygens (including phenoxy) is 2. The zero-order valence-corrected chi connectivity index (χ0v) is 20.2. The molecule has 10 heteroatoms. The largest absolute Gasteiger partial charge is 0.497 e. The fourth-order valence-electron chi connectivity index (χ4n) is 4.03. The monoisotopic (exact) mass is 483 g/mol. The number of aromatic nitrogens is 4. The minimum Gasteiger partial charge on any atom is -0.497 e. The van der Waals surface area contributed by atoms with Gasteiger partial charge in [0.1, 0.15) is 34.6 Å². The molecule has 1 aliphatic rings. The maximum Gasteiger partial charge on any atom is 0.231 e. The van der Waals surface area contributed by atoms with Crippen LogP contribution in [0.2, 0.25) is 0 Å². The Hall–Kier alpha value is -4.65. The van der Waals surface area contributed by atoms with Crippen molar-refractivity contribution >= 4 is 34.3 Å². The number of methoxy groups -OCH3 is 2. The Labute approximate surface area is 207 Å². The maximum absolute atomic E-state index is 13.5. The van der Waals surface area contributed by atoms with E-state index in [1.165, 1.54) is 0 Å². The number of benzene rings is 1. The molecule has 10 nitrogen and oxygen atoms in total. The first-order valence-corrected chi connectivity index (χ1v) is 11.5. The molecule has 0 aliphatic heterocycles. The predicted molar refractivity (Wildman–Crippen MR) is 134 cm³/mol. The number of H-pyrrole nitrogens is 1. The number of hydrogen-bond acceptors (Lipinski definition) is 8. The van der Waals surface area contributed by atoms with Crippen molar-refractivity contribution < 1.29 is 14.3 Å². The molecule has 1 amide bonds. The number of pyridine rings is 2.